The Labute approximate surface area is 121 Å². The molecule has 0 saturated carbocycles. The van der Waals surface area contributed by atoms with E-state index in [1.54, 1.807) is 0 Å². The molecule has 0 spiro atoms. The van der Waals surface area contributed by atoms with Crippen LogP contribution in [0.2, 0.25) is 0 Å². The van der Waals surface area contributed by atoms with Crippen LogP contribution >= 0.6 is 0 Å². The summed E-state index contributed by atoms with van der Waals surface area (Å²) in [4.78, 5) is 2.43. The van der Waals surface area contributed by atoms with Crippen molar-refractivity contribution >= 4 is 0 Å². The van der Waals surface area contributed by atoms with Gasteiger partial charge in [0.1, 0.15) is 0 Å². The van der Waals surface area contributed by atoms with Crippen molar-refractivity contribution in [3.05, 3.63) is 23.8 Å². The topological polar surface area (TPSA) is 33.7 Å². The van der Waals surface area contributed by atoms with E-state index in [4.69, 9.17) is 9.47 Å². The number of likely N-dealkylation sites (tertiary alicyclic amines) is 1. The molecule has 2 heterocycles. The summed E-state index contributed by atoms with van der Waals surface area (Å²) in [6.45, 7) is 6.04. The van der Waals surface area contributed by atoms with Gasteiger partial charge in [-0.2, -0.15) is 0 Å². The number of ether oxygens (including phenoxy) is 2. The van der Waals surface area contributed by atoms with Gasteiger partial charge in [-0.15, -0.1) is 0 Å². The zero-order chi connectivity index (χ0) is 14.1. The van der Waals surface area contributed by atoms with Crippen molar-refractivity contribution in [2.45, 2.75) is 44.8 Å². The predicted octanol–water partition coefficient (Wildman–Crippen LogP) is 2.55. The molecule has 1 fully saturated rings. The maximum absolute atomic E-state index is 5.45. The molecule has 0 bridgehead atoms. The normalized spacial score (nSPS) is 27.6. The van der Waals surface area contributed by atoms with Gasteiger partial charge in [0.25, 0.3) is 0 Å². The number of rotatable bonds is 3. The fourth-order valence-electron chi connectivity index (χ4n) is 3.07. The Kier molecular flexibility index (Phi) is 3.85. The van der Waals surface area contributed by atoms with Crippen LogP contribution in [0, 0.1) is 0 Å². The molecule has 0 radical (unpaired) electrons. The van der Waals surface area contributed by atoms with Gasteiger partial charge in [0.2, 0.25) is 6.79 Å². The van der Waals surface area contributed by atoms with Gasteiger partial charge in [-0.05, 0) is 58.0 Å². The molecule has 0 aliphatic carbocycles. The molecule has 1 saturated heterocycles. The minimum atomic E-state index is 0.338. The van der Waals surface area contributed by atoms with Gasteiger partial charge in [0, 0.05) is 18.1 Å². The Hall–Kier alpha value is -1.26. The lowest BCUT2D eigenvalue weighted by atomic mass is 9.97. The monoisotopic (exact) mass is 276 g/mol. The van der Waals surface area contributed by atoms with Gasteiger partial charge in [-0.3, -0.25) is 0 Å². The first-order chi connectivity index (χ1) is 9.63. The van der Waals surface area contributed by atoms with Crippen LogP contribution in [-0.4, -0.2) is 37.4 Å². The zero-order valence-electron chi connectivity index (χ0n) is 12.6. The summed E-state index contributed by atoms with van der Waals surface area (Å²) in [7, 11) is 2.21. The van der Waals surface area contributed by atoms with Gasteiger partial charge >= 0.3 is 0 Å². The molecule has 1 aromatic rings. The van der Waals surface area contributed by atoms with E-state index in [1.807, 2.05) is 6.07 Å². The van der Waals surface area contributed by atoms with Crippen molar-refractivity contribution in [2.24, 2.45) is 0 Å². The molecule has 1 N–H and O–H groups in total. The first-order valence-corrected chi connectivity index (χ1v) is 7.49. The lowest BCUT2D eigenvalue weighted by Gasteiger charge is -2.36. The molecule has 2 aliphatic rings. The molecule has 4 heteroatoms. The Morgan fingerprint density at radius 1 is 1.30 bits per heavy atom. The van der Waals surface area contributed by atoms with Crippen LogP contribution < -0.4 is 14.8 Å². The van der Waals surface area contributed by atoms with E-state index in [2.05, 4.69) is 43.2 Å². The van der Waals surface area contributed by atoms with E-state index in [9.17, 15) is 0 Å². The number of nitrogens with one attached hydrogen (secondary N) is 1. The molecule has 110 valence electrons. The second kappa shape index (κ2) is 5.62. The van der Waals surface area contributed by atoms with Crippen molar-refractivity contribution in [1.29, 1.82) is 0 Å². The Balaban J connectivity index is 1.63. The maximum Gasteiger partial charge on any atom is 0.231 e. The van der Waals surface area contributed by atoms with Crippen LogP contribution in [0.15, 0.2) is 18.2 Å². The molecule has 4 nitrogen and oxygen atoms in total. The highest BCUT2D eigenvalue weighted by Crippen LogP contribution is 2.34. The number of piperidine rings is 1. The van der Waals surface area contributed by atoms with Crippen LogP contribution in [0.4, 0.5) is 0 Å². The van der Waals surface area contributed by atoms with Gasteiger partial charge in [0.05, 0.1) is 0 Å². The summed E-state index contributed by atoms with van der Waals surface area (Å²) < 4.78 is 10.8. The number of hydrogen-bond acceptors (Lipinski definition) is 4. The molecule has 3 unspecified atom stereocenters. The van der Waals surface area contributed by atoms with Gasteiger partial charge < -0.3 is 19.7 Å². The summed E-state index contributed by atoms with van der Waals surface area (Å²) >= 11 is 0. The summed E-state index contributed by atoms with van der Waals surface area (Å²) in [6, 6.07) is 7.83. The number of fused-ring (bicyclic) bond motifs is 1. The van der Waals surface area contributed by atoms with Crippen LogP contribution in [0.1, 0.15) is 38.3 Å². The molecule has 1 aromatic carbocycles. The van der Waals surface area contributed by atoms with Crippen molar-refractivity contribution < 1.29 is 9.47 Å². The summed E-state index contributed by atoms with van der Waals surface area (Å²) in [6.07, 6.45) is 2.43. The highest BCUT2D eigenvalue weighted by atomic mass is 16.7. The second-order valence-corrected chi connectivity index (χ2v) is 6.05. The van der Waals surface area contributed by atoms with Crippen molar-refractivity contribution in [3.63, 3.8) is 0 Å². The van der Waals surface area contributed by atoms with Gasteiger partial charge in [0.15, 0.2) is 11.5 Å². The smallest absolute Gasteiger partial charge is 0.231 e. The van der Waals surface area contributed by atoms with Crippen LogP contribution in [0.5, 0.6) is 11.5 Å². The third kappa shape index (κ3) is 2.76. The lowest BCUT2D eigenvalue weighted by Crippen LogP contribution is -2.46. The van der Waals surface area contributed by atoms with Crippen LogP contribution in [0.25, 0.3) is 0 Å². The second-order valence-electron chi connectivity index (χ2n) is 6.05. The Morgan fingerprint density at radius 2 is 2.10 bits per heavy atom. The van der Waals surface area contributed by atoms with Crippen molar-refractivity contribution in [3.8, 4) is 11.5 Å². The predicted molar refractivity (Wildman–Crippen MR) is 79.2 cm³/mol. The number of nitrogens with zero attached hydrogens (tertiary/aromatic N) is 1. The van der Waals surface area contributed by atoms with E-state index in [-0.39, 0.29) is 0 Å². The Morgan fingerprint density at radius 3 is 2.90 bits per heavy atom. The fraction of sp³-hybridized carbons (Fsp3) is 0.625. The minimum Gasteiger partial charge on any atom is -0.454 e. The van der Waals surface area contributed by atoms with Crippen molar-refractivity contribution in [2.75, 3.05) is 20.4 Å². The molecule has 0 aromatic heterocycles. The zero-order valence-corrected chi connectivity index (χ0v) is 12.6. The molecule has 3 atom stereocenters. The molecule has 2 aliphatic heterocycles. The Bertz CT molecular complexity index is 478. The minimum absolute atomic E-state index is 0.338. The van der Waals surface area contributed by atoms with E-state index in [0.29, 0.717) is 24.9 Å². The summed E-state index contributed by atoms with van der Waals surface area (Å²) in [5, 5.41) is 3.75. The molecule has 3 rings (SSSR count). The molecule has 20 heavy (non-hydrogen) atoms. The van der Waals surface area contributed by atoms with Gasteiger partial charge in [-0.1, -0.05) is 6.07 Å². The first kappa shape index (κ1) is 13.7. The average Bonchev–Trinajstić information content (AvgIpc) is 2.90. The van der Waals surface area contributed by atoms with E-state index in [0.717, 1.165) is 11.5 Å². The number of benzene rings is 1. The maximum atomic E-state index is 5.45. The van der Waals surface area contributed by atoms with E-state index >= 15 is 0 Å². The largest absolute Gasteiger partial charge is 0.454 e. The summed E-state index contributed by atoms with van der Waals surface area (Å²) in [5.74, 6) is 1.72. The van der Waals surface area contributed by atoms with Crippen LogP contribution in [0.3, 0.4) is 0 Å². The highest BCUT2D eigenvalue weighted by molar-refractivity contribution is 5.45. The van der Waals surface area contributed by atoms with Crippen LogP contribution in [-0.2, 0) is 0 Å². The van der Waals surface area contributed by atoms with Gasteiger partial charge in [-0.25, -0.2) is 0 Å². The third-order valence-electron chi connectivity index (χ3n) is 4.59. The van der Waals surface area contributed by atoms with E-state index < -0.39 is 0 Å². The molecular weight excluding hydrogens is 252 g/mol. The first-order valence-electron chi connectivity index (χ1n) is 7.49. The van der Waals surface area contributed by atoms with Crippen molar-refractivity contribution in [1.82, 2.24) is 10.2 Å². The molecular formula is C16H24N2O2. The summed E-state index contributed by atoms with van der Waals surface area (Å²) in [5.41, 5.74) is 1.26. The quantitative estimate of drug-likeness (QED) is 0.920. The number of hydrogen-bond donors (Lipinski definition) is 1. The standard InChI is InChI=1S/C16H24N2O2/c1-11-8-14(6-7-18(11)3)17-12(2)13-4-5-15-16(9-13)20-10-19-15/h4-5,9,11-12,14,17H,6-8,10H2,1-3H3. The van der Waals surface area contributed by atoms with E-state index in [1.165, 1.54) is 24.9 Å². The third-order valence-corrected chi connectivity index (χ3v) is 4.59. The average molecular weight is 276 g/mol. The molecule has 0 amide bonds. The SMILES string of the molecule is CC(NC1CCN(C)C(C)C1)c1ccc2c(c1)OCO2. The fourth-order valence-corrected chi connectivity index (χ4v) is 3.07. The lowest BCUT2D eigenvalue weighted by molar-refractivity contribution is 0.163. The highest BCUT2D eigenvalue weighted by Gasteiger charge is 2.24.